The molecule has 2 heterocycles. The van der Waals surface area contributed by atoms with Crippen molar-refractivity contribution < 1.29 is 9.59 Å². The van der Waals surface area contributed by atoms with E-state index in [0.717, 1.165) is 48.0 Å². The normalized spacial score (nSPS) is 16.1. The molecule has 1 aliphatic rings. The lowest BCUT2D eigenvalue weighted by Crippen LogP contribution is -2.49. The Hall–Kier alpha value is -2.83. The summed E-state index contributed by atoms with van der Waals surface area (Å²) in [4.78, 5) is 30.6. The van der Waals surface area contributed by atoms with Gasteiger partial charge in [-0.05, 0) is 49.2 Å². The zero-order valence-electron chi connectivity index (χ0n) is 18.2. The number of aromatic nitrogens is 1. The summed E-state index contributed by atoms with van der Waals surface area (Å²) in [6, 6.07) is 15.1. The molecule has 0 bridgehead atoms. The Morgan fingerprint density at radius 3 is 2.56 bits per heavy atom. The number of likely N-dealkylation sites (tertiary alicyclic amines) is 1. The summed E-state index contributed by atoms with van der Waals surface area (Å²) in [6.45, 7) is 3.84. The molecule has 1 aliphatic heterocycles. The van der Waals surface area contributed by atoms with Crippen molar-refractivity contribution >= 4 is 34.3 Å². The van der Waals surface area contributed by atoms with Gasteiger partial charge >= 0.3 is 0 Å². The summed E-state index contributed by atoms with van der Waals surface area (Å²) >= 11 is 6.49. The van der Waals surface area contributed by atoms with E-state index in [1.54, 1.807) is 0 Å². The van der Waals surface area contributed by atoms with Crippen LogP contribution in [0.25, 0.3) is 10.9 Å². The van der Waals surface area contributed by atoms with Crippen LogP contribution in [0.1, 0.15) is 36.9 Å². The molecular formula is C25H29ClN4O2. The van der Waals surface area contributed by atoms with Gasteiger partial charge in [0, 0.05) is 42.0 Å². The molecule has 1 fully saturated rings. The average molecular weight is 453 g/mol. The number of nitrogens with one attached hydrogen (secondary N) is 3. The first kappa shape index (κ1) is 22.4. The first-order chi connectivity index (χ1) is 15.5. The molecule has 6 nitrogen and oxygen atoms in total. The van der Waals surface area contributed by atoms with Crippen LogP contribution in [0, 0.1) is 0 Å². The third kappa shape index (κ3) is 5.14. The van der Waals surface area contributed by atoms with Crippen molar-refractivity contribution in [1.82, 2.24) is 20.5 Å². The third-order valence-corrected chi connectivity index (χ3v) is 6.45. The fourth-order valence-corrected chi connectivity index (χ4v) is 4.79. The van der Waals surface area contributed by atoms with Gasteiger partial charge in [0.05, 0.1) is 6.04 Å². The largest absolute Gasteiger partial charge is 0.361 e. The standard InChI is InChI=1S/C25H29ClN4O2/c1-17(31)29-23(14-18-15-27-22-11-5-3-8-19(18)22)25(32)28-16-24(30-12-6-7-13-30)20-9-2-4-10-21(20)26/h2-5,8-11,15,23-24,27H,6-7,12-14,16H2,1H3,(H,28,32)(H,29,31)/t23-,24+/m1/s1. The van der Waals surface area contributed by atoms with Gasteiger partial charge < -0.3 is 15.6 Å². The minimum atomic E-state index is -0.655. The van der Waals surface area contributed by atoms with Gasteiger partial charge in [0.1, 0.15) is 6.04 Å². The lowest BCUT2D eigenvalue weighted by atomic mass is 10.0. The monoisotopic (exact) mass is 452 g/mol. The van der Waals surface area contributed by atoms with Crippen LogP contribution in [0.3, 0.4) is 0 Å². The highest BCUT2D eigenvalue weighted by Gasteiger charge is 2.27. The Morgan fingerprint density at radius 1 is 1.09 bits per heavy atom. The van der Waals surface area contributed by atoms with Gasteiger partial charge in [0.2, 0.25) is 11.8 Å². The van der Waals surface area contributed by atoms with E-state index in [4.69, 9.17) is 11.6 Å². The van der Waals surface area contributed by atoms with E-state index < -0.39 is 6.04 Å². The molecule has 0 unspecified atom stereocenters. The molecule has 0 aliphatic carbocycles. The summed E-state index contributed by atoms with van der Waals surface area (Å²) < 4.78 is 0. The fraction of sp³-hybridized carbons (Fsp3) is 0.360. The molecule has 2 amide bonds. The molecule has 2 atom stereocenters. The topological polar surface area (TPSA) is 77.2 Å². The van der Waals surface area contributed by atoms with Crippen molar-refractivity contribution in [1.29, 1.82) is 0 Å². The van der Waals surface area contributed by atoms with Crippen molar-refractivity contribution in [2.24, 2.45) is 0 Å². The maximum Gasteiger partial charge on any atom is 0.242 e. The molecular weight excluding hydrogens is 424 g/mol. The SMILES string of the molecule is CC(=O)N[C@H](Cc1c[nH]c2ccccc12)C(=O)NC[C@@H](c1ccccc1Cl)N1CCCC1. The van der Waals surface area contributed by atoms with E-state index in [2.05, 4.69) is 20.5 Å². The van der Waals surface area contributed by atoms with Crippen LogP contribution in [-0.2, 0) is 16.0 Å². The maximum absolute atomic E-state index is 13.2. The number of nitrogens with zero attached hydrogens (tertiary/aromatic N) is 1. The van der Waals surface area contributed by atoms with Gasteiger partial charge in [0.15, 0.2) is 0 Å². The minimum Gasteiger partial charge on any atom is -0.361 e. The predicted molar refractivity (Wildman–Crippen MR) is 128 cm³/mol. The number of hydrogen-bond donors (Lipinski definition) is 3. The minimum absolute atomic E-state index is 0.00113. The number of halogens is 1. The molecule has 3 aromatic rings. The summed E-state index contributed by atoms with van der Waals surface area (Å²) in [7, 11) is 0. The Bertz CT molecular complexity index is 1090. The van der Waals surface area contributed by atoms with Crippen molar-refractivity contribution in [3.8, 4) is 0 Å². The van der Waals surface area contributed by atoms with E-state index in [1.807, 2.05) is 54.7 Å². The lowest BCUT2D eigenvalue weighted by Gasteiger charge is -2.29. The Labute approximate surface area is 193 Å². The van der Waals surface area contributed by atoms with Gasteiger partial charge in [-0.15, -0.1) is 0 Å². The van der Waals surface area contributed by atoms with Crippen LogP contribution in [0.15, 0.2) is 54.7 Å². The zero-order valence-corrected chi connectivity index (χ0v) is 19.0. The fourth-order valence-electron chi connectivity index (χ4n) is 4.53. The Kier molecular flexibility index (Phi) is 7.12. The number of H-pyrrole nitrogens is 1. The molecule has 4 rings (SSSR count). The third-order valence-electron chi connectivity index (χ3n) is 6.11. The number of benzene rings is 2. The summed E-state index contributed by atoms with van der Waals surface area (Å²) in [6.07, 6.45) is 4.60. The van der Waals surface area contributed by atoms with Gasteiger partial charge in [0.25, 0.3) is 0 Å². The summed E-state index contributed by atoms with van der Waals surface area (Å²) in [5.74, 6) is -0.422. The number of rotatable bonds is 8. The second-order valence-corrected chi connectivity index (χ2v) is 8.75. The van der Waals surface area contributed by atoms with Crippen molar-refractivity contribution in [2.45, 2.75) is 38.3 Å². The Balaban J connectivity index is 1.50. The van der Waals surface area contributed by atoms with Crippen molar-refractivity contribution in [3.63, 3.8) is 0 Å². The number of fused-ring (bicyclic) bond motifs is 1. The van der Waals surface area contributed by atoms with Gasteiger partial charge in [-0.2, -0.15) is 0 Å². The van der Waals surface area contributed by atoms with Gasteiger partial charge in [-0.1, -0.05) is 48.0 Å². The number of aromatic amines is 1. The molecule has 2 aromatic carbocycles. The molecule has 168 valence electrons. The van der Waals surface area contributed by atoms with Crippen LogP contribution in [0.4, 0.5) is 0 Å². The molecule has 1 aromatic heterocycles. The molecule has 32 heavy (non-hydrogen) atoms. The maximum atomic E-state index is 13.2. The second kappa shape index (κ2) is 10.2. The molecule has 1 saturated heterocycles. The zero-order chi connectivity index (χ0) is 22.5. The van der Waals surface area contributed by atoms with Crippen molar-refractivity contribution in [3.05, 3.63) is 70.9 Å². The van der Waals surface area contributed by atoms with Crippen LogP contribution >= 0.6 is 11.6 Å². The van der Waals surface area contributed by atoms with Crippen LogP contribution in [0.5, 0.6) is 0 Å². The molecule has 0 saturated carbocycles. The number of carbonyl (C=O) groups is 2. The molecule has 7 heteroatoms. The highest BCUT2D eigenvalue weighted by atomic mass is 35.5. The first-order valence-corrected chi connectivity index (χ1v) is 11.5. The quantitative estimate of drug-likeness (QED) is 0.486. The smallest absolute Gasteiger partial charge is 0.242 e. The van der Waals surface area contributed by atoms with E-state index in [0.29, 0.717) is 18.0 Å². The van der Waals surface area contributed by atoms with E-state index in [-0.39, 0.29) is 17.9 Å². The summed E-state index contributed by atoms with van der Waals surface area (Å²) in [5.41, 5.74) is 3.03. The van der Waals surface area contributed by atoms with Gasteiger partial charge in [-0.3, -0.25) is 14.5 Å². The number of carbonyl (C=O) groups excluding carboxylic acids is 2. The van der Waals surface area contributed by atoms with E-state index >= 15 is 0 Å². The van der Waals surface area contributed by atoms with E-state index in [9.17, 15) is 9.59 Å². The van der Waals surface area contributed by atoms with Crippen molar-refractivity contribution in [2.75, 3.05) is 19.6 Å². The molecule has 0 spiro atoms. The highest BCUT2D eigenvalue weighted by Crippen LogP contribution is 2.29. The predicted octanol–water partition coefficient (Wildman–Crippen LogP) is 3.82. The lowest BCUT2D eigenvalue weighted by molar-refractivity contribution is -0.128. The van der Waals surface area contributed by atoms with Crippen LogP contribution in [0.2, 0.25) is 5.02 Å². The number of hydrogen-bond acceptors (Lipinski definition) is 3. The van der Waals surface area contributed by atoms with Gasteiger partial charge in [-0.25, -0.2) is 0 Å². The molecule has 3 N–H and O–H groups in total. The number of amides is 2. The van der Waals surface area contributed by atoms with E-state index in [1.165, 1.54) is 6.92 Å². The summed E-state index contributed by atoms with van der Waals surface area (Å²) in [5, 5.41) is 7.67. The molecule has 0 radical (unpaired) electrons. The van der Waals surface area contributed by atoms with Crippen LogP contribution in [-0.4, -0.2) is 47.4 Å². The first-order valence-electron chi connectivity index (χ1n) is 11.1. The van der Waals surface area contributed by atoms with Crippen LogP contribution < -0.4 is 10.6 Å². The number of para-hydroxylation sites is 1. The second-order valence-electron chi connectivity index (χ2n) is 8.34. The average Bonchev–Trinajstić information content (AvgIpc) is 3.45. The Morgan fingerprint density at radius 2 is 1.81 bits per heavy atom. The highest BCUT2D eigenvalue weighted by molar-refractivity contribution is 6.31.